The predicted molar refractivity (Wildman–Crippen MR) is 68.8 cm³/mol. The first-order chi connectivity index (χ1) is 7.41. The van der Waals surface area contributed by atoms with E-state index in [1.165, 1.54) is 6.92 Å². The lowest BCUT2D eigenvalue weighted by molar-refractivity contribution is -0.119. The molecule has 0 aliphatic carbocycles. The third-order valence-corrected chi connectivity index (χ3v) is 1.70. The van der Waals surface area contributed by atoms with E-state index in [1.54, 1.807) is 6.08 Å². The Kier molecular flexibility index (Phi) is 5.95. The Balaban J connectivity index is 4.80. The molecule has 0 spiro atoms. The molecule has 1 amide bonds. The van der Waals surface area contributed by atoms with Crippen LogP contribution in [0.1, 0.15) is 27.7 Å². The van der Waals surface area contributed by atoms with Crippen molar-refractivity contribution >= 4 is 5.91 Å². The maximum absolute atomic E-state index is 10.9. The van der Waals surface area contributed by atoms with Gasteiger partial charge >= 0.3 is 0 Å². The minimum atomic E-state index is -0.524. The Morgan fingerprint density at radius 3 is 2.50 bits per heavy atom. The number of hydrogen-bond donors (Lipinski definition) is 1. The number of allylic oxidation sites excluding steroid dienone is 5. The molecule has 0 saturated carbocycles. The predicted octanol–water partition coefficient (Wildman–Crippen LogP) is 2.59. The summed E-state index contributed by atoms with van der Waals surface area (Å²) < 4.78 is 0. The minimum absolute atomic E-state index is 0.0862. The summed E-state index contributed by atoms with van der Waals surface area (Å²) in [6, 6.07) is 0. The molecule has 0 unspecified atom stereocenters. The van der Waals surface area contributed by atoms with Gasteiger partial charge in [0.05, 0.1) is 5.54 Å². The van der Waals surface area contributed by atoms with Crippen molar-refractivity contribution in [3.05, 3.63) is 36.5 Å². The summed E-state index contributed by atoms with van der Waals surface area (Å²) in [6.07, 6.45) is 7.39. The monoisotopic (exact) mass is 217 g/mol. The van der Waals surface area contributed by atoms with Gasteiger partial charge < -0.3 is 5.32 Å². The second-order valence-corrected chi connectivity index (χ2v) is 3.91. The number of carbonyl (C=O) groups excluding carboxylic acids is 1. The third kappa shape index (κ3) is 6.67. The van der Waals surface area contributed by atoms with E-state index in [9.17, 15) is 4.79 Å². The molecule has 0 aromatic carbocycles. The highest BCUT2D eigenvalue weighted by atomic mass is 16.1. The average Bonchev–Trinajstić information content (AvgIpc) is 2.16. The molecule has 0 aromatic heterocycles. The lowest BCUT2D eigenvalue weighted by atomic mass is 10.1. The van der Waals surface area contributed by atoms with Gasteiger partial charge in [-0.05, 0) is 26.8 Å². The van der Waals surface area contributed by atoms with Crippen molar-refractivity contribution in [2.75, 3.05) is 0 Å². The van der Waals surface area contributed by atoms with Crippen molar-refractivity contribution in [2.45, 2.75) is 33.2 Å². The number of carbonyl (C=O) groups is 1. The molecule has 1 N–H and O–H groups in total. The van der Waals surface area contributed by atoms with E-state index in [0.29, 0.717) is 0 Å². The van der Waals surface area contributed by atoms with Crippen LogP contribution in [0.4, 0.5) is 0 Å². The molecule has 86 valence electrons. The van der Waals surface area contributed by atoms with Crippen LogP contribution in [0.3, 0.4) is 0 Å². The highest BCUT2D eigenvalue weighted by Crippen LogP contribution is 2.01. The molecular weight excluding hydrogens is 198 g/mol. The summed E-state index contributed by atoms with van der Waals surface area (Å²) in [4.78, 5) is 10.9. The van der Waals surface area contributed by atoms with Gasteiger partial charge in [-0.1, -0.05) is 36.6 Å². The summed E-state index contributed by atoms with van der Waals surface area (Å²) in [6.45, 7) is 10.8. The zero-order chi connectivity index (χ0) is 12.6. The van der Waals surface area contributed by atoms with Gasteiger partial charge in [-0.15, -0.1) is 0 Å². The van der Waals surface area contributed by atoms with E-state index < -0.39 is 5.54 Å². The summed E-state index contributed by atoms with van der Waals surface area (Å²) >= 11 is 0. The average molecular weight is 217 g/mol. The van der Waals surface area contributed by atoms with Crippen LogP contribution in [0.5, 0.6) is 0 Å². The third-order valence-electron chi connectivity index (χ3n) is 1.70. The van der Waals surface area contributed by atoms with Gasteiger partial charge in [-0.3, -0.25) is 4.79 Å². The molecule has 16 heavy (non-hydrogen) atoms. The second kappa shape index (κ2) is 6.68. The van der Waals surface area contributed by atoms with Crippen LogP contribution in [0.15, 0.2) is 36.5 Å². The Bertz CT molecular complexity index is 375. The quantitative estimate of drug-likeness (QED) is 0.571. The van der Waals surface area contributed by atoms with E-state index in [2.05, 4.69) is 23.7 Å². The Morgan fingerprint density at radius 1 is 1.44 bits per heavy atom. The fraction of sp³-hybridized carbons (Fsp3) is 0.357. The van der Waals surface area contributed by atoms with Crippen LogP contribution in [-0.4, -0.2) is 11.4 Å². The normalized spacial score (nSPS) is 11.9. The lowest BCUT2D eigenvalue weighted by Gasteiger charge is -2.18. The van der Waals surface area contributed by atoms with E-state index >= 15 is 0 Å². The van der Waals surface area contributed by atoms with Crippen LogP contribution < -0.4 is 5.32 Å². The summed E-state index contributed by atoms with van der Waals surface area (Å²) in [5.74, 6) is 5.89. The standard InChI is InChI=1S/C14H19NO/c1-6-8-9-13(7-2)10-11-14(4,5)15-12(3)16/h6-9H,2H2,1,3-5H3,(H,15,16)/b8-6-,13-9+. The molecule has 0 aliphatic heterocycles. The van der Waals surface area contributed by atoms with E-state index in [4.69, 9.17) is 0 Å². The molecule has 0 aliphatic rings. The van der Waals surface area contributed by atoms with Gasteiger partial charge in [0, 0.05) is 12.5 Å². The minimum Gasteiger partial charge on any atom is -0.341 e. The molecule has 0 saturated heterocycles. The molecule has 0 fully saturated rings. The van der Waals surface area contributed by atoms with Crippen LogP contribution in [-0.2, 0) is 4.79 Å². The smallest absolute Gasteiger partial charge is 0.218 e. The van der Waals surface area contributed by atoms with Gasteiger partial charge in [-0.25, -0.2) is 0 Å². The molecule has 0 bridgehead atoms. The van der Waals surface area contributed by atoms with Crippen molar-refractivity contribution in [3.63, 3.8) is 0 Å². The zero-order valence-corrected chi connectivity index (χ0v) is 10.4. The molecule has 0 heterocycles. The van der Waals surface area contributed by atoms with Crippen LogP contribution >= 0.6 is 0 Å². The first-order valence-electron chi connectivity index (χ1n) is 5.18. The fourth-order valence-corrected chi connectivity index (χ4v) is 1.06. The van der Waals surface area contributed by atoms with Crippen LogP contribution in [0, 0.1) is 11.8 Å². The van der Waals surface area contributed by atoms with Crippen LogP contribution in [0.2, 0.25) is 0 Å². The summed E-state index contributed by atoms with van der Waals surface area (Å²) in [5, 5.41) is 2.76. The van der Waals surface area contributed by atoms with Gasteiger partial charge in [0.25, 0.3) is 0 Å². The molecule has 0 rings (SSSR count). The molecular formula is C14H19NO. The Labute approximate surface area is 98.1 Å². The molecule has 2 heteroatoms. The van der Waals surface area contributed by atoms with Crippen molar-refractivity contribution in [1.82, 2.24) is 5.32 Å². The molecule has 2 nitrogen and oxygen atoms in total. The second-order valence-electron chi connectivity index (χ2n) is 3.91. The number of nitrogens with one attached hydrogen (secondary N) is 1. The van der Waals surface area contributed by atoms with E-state index in [-0.39, 0.29) is 5.91 Å². The molecule has 0 aromatic rings. The maximum atomic E-state index is 10.9. The Morgan fingerprint density at radius 2 is 2.06 bits per heavy atom. The van der Waals surface area contributed by atoms with Crippen molar-refractivity contribution in [3.8, 4) is 11.8 Å². The molecule has 0 atom stereocenters. The van der Waals surface area contributed by atoms with Gasteiger partial charge in [0.1, 0.15) is 0 Å². The largest absolute Gasteiger partial charge is 0.341 e. The van der Waals surface area contributed by atoms with Crippen molar-refractivity contribution in [1.29, 1.82) is 0 Å². The van der Waals surface area contributed by atoms with Gasteiger partial charge in [0.2, 0.25) is 5.91 Å². The first kappa shape index (κ1) is 14.2. The number of hydrogen-bond acceptors (Lipinski definition) is 1. The van der Waals surface area contributed by atoms with Crippen LogP contribution in [0.25, 0.3) is 0 Å². The lowest BCUT2D eigenvalue weighted by Crippen LogP contribution is -2.40. The summed E-state index contributed by atoms with van der Waals surface area (Å²) in [7, 11) is 0. The molecule has 0 radical (unpaired) electrons. The summed E-state index contributed by atoms with van der Waals surface area (Å²) in [5.41, 5.74) is 0.306. The maximum Gasteiger partial charge on any atom is 0.218 e. The first-order valence-corrected chi connectivity index (χ1v) is 5.18. The van der Waals surface area contributed by atoms with E-state index in [1.807, 2.05) is 39.0 Å². The van der Waals surface area contributed by atoms with Gasteiger partial charge in [0.15, 0.2) is 0 Å². The van der Waals surface area contributed by atoms with Gasteiger partial charge in [-0.2, -0.15) is 0 Å². The van der Waals surface area contributed by atoms with Crippen molar-refractivity contribution < 1.29 is 4.79 Å². The highest BCUT2D eigenvalue weighted by molar-refractivity contribution is 5.74. The SMILES string of the molecule is C=C/C(C#CC(C)(C)NC(C)=O)=C\C=C/C. The zero-order valence-electron chi connectivity index (χ0n) is 10.4. The Hall–Kier alpha value is -1.75. The highest BCUT2D eigenvalue weighted by Gasteiger charge is 2.14. The number of rotatable bonds is 3. The van der Waals surface area contributed by atoms with Crippen molar-refractivity contribution in [2.24, 2.45) is 0 Å². The topological polar surface area (TPSA) is 29.1 Å². The van der Waals surface area contributed by atoms with E-state index in [0.717, 1.165) is 5.57 Å². The fourth-order valence-electron chi connectivity index (χ4n) is 1.06. The number of amides is 1.